The van der Waals surface area contributed by atoms with E-state index in [-0.39, 0.29) is 6.04 Å². The van der Waals surface area contributed by atoms with Crippen LogP contribution in [0.1, 0.15) is 31.5 Å². The van der Waals surface area contributed by atoms with Crippen molar-refractivity contribution in [2.24, 2.45) is 5.73 Å². The van der Waals surface area contributed by atoms with Crippen LogP contribution >= 0.6 is 11.6 Å². The van der Waals surface area contributed by atoms with E-state index in [1.165, 1.54) is 0 Å². The molecular weight excluding hydrogens is 252 g/mol. The summed E-state index contributed by atoms with van der Waals surface area (Å²) in [5.41, 5.74) is 7.25. The second-order valence-electron chi connectivity index (χ2n) is 4.56. The van der Waals surface area contributed by atoms with Gasteiger partial charge in [0.1, 0.15) is 6.04 Å². The van der Waals surface area contributed by atoms with Crippen molar-refractivity contribution in [3.05, 3.63) is 35.0 Å². The molecule has 5 heteroatoms. The third kappa shape index (κ3) is 2.09. The predicted molar refractivity (Wildman–Crippen MR) is 71.9 cm³/mol. The standard InChI is InChI=1S/C13H15ClN2O2/c1-7(2)16-6-10(12(15)13(17)18)9-5-8(14)3-4-11(9)16/h3-7,12H,15H2,1-2H3,(H,17,18). The first-order chi connectivity index (χ1) is 8.41. The highest BCUT2D eigenvalue weighted by atomic mass is 35.5. The molecule has 0 saturated carbocycles. The van der Waals surface area contributed by atoms with Crippen molar-refractivity contribution in [1.29, 1.82) is 0 Å². The van der Waals surface area contributed by atoms with Crippen molar-refractivity contribution in [2.75, 3.05) is 0 Å². The van der Waals surface area contributed by atoms with Crippen LogP contribution in [0.2, 0.25) is 5.02 Å². The van der Waals surface area contributed by atoms with Crippen LogP contribution in [0, 0.1) is 0 Å². The summed E-state index contributed by atoms with van der Waals surface area (Å²) in [4.78, 5) is 11.0. The summed E-state index contributed by atoms with van der Waals surface area (Å²) in [7, 11) is 0. The molecule has 1 heterocycles. The average Bonchev–Trinajstić information content (AvgIpc) is 2.66. The molecule has 2 rings (SSSR count). The number of nitrogens with zero attached hydrogens (tertiary/aromatic N) is 1. The first kappa shape index (κ1) is 12.9. The SMILES string of the molecule is CC(C)n1cc(C(N)C(=O)O)c2cc(Cl)ccc21. The van der Waals surface area contributed by atoms with Gasteiger partial charge >= 0.3 is 5.97 Å². The quantitative estimate of drug-likeness (QED) is 0.897. The van der Waals surface area contributed by atoms with Gasteiger partial charge in [-0.15, -0.1) is 0 Å². The number of hydrogen-bond donors (Lipinski definition) is 2. The lowest BCUT2D eigenvalue weighted by Crippen LogP contribution is -2.20. The Morgan fingerprint density at radius 3 is 2.67 bits per heavy atom. The Labute approximate surface area is 110 Å². The average molecular weight is 267 g/mol. The summed E-state index contributed by atoms with van der Waals surface area (Å²) in [6.45, 7) is 4.06. The van der Waals surface area contributed by atoms with Crippen molar-refractivity contribution < 1.29 is 9.90 Å². The normalized spacial score (nSPS) is 13.2. The van der Waals surface area contributed by atoms with E-state index < -0.39 is 12.0 Å². The molecule has 1 aromatic heterocycles. The monoisotopic (exact) mass is 266 g/mol. The molecule has 4 nitrogen and oxygen atoms in total. The lowest BCUT2D eigenvalue weighted by molar-refractivity contribution is -0.138. The Bertz CT molecular complexity index is 604. The molecule has 0 saturated heterocycles. The molecule has 0 radical (unpaired) electrons. The Morgan fingerprint density at radius 2 is 2.11 bits per heavy atom. The Hall–Kier alpha value is -1.52. The predicted octanol–water partition coefficient (Wildman–Crippen LogP) is 2.96. The lowest BCUT2D eigenvalue weighted by atomic mass is 10.1. The third-order valence-electron chi connectivity index (χ3n) is 2.98. The zero-order valence-electron chi connectivity index (χ0n) is 10.2. The van der Waals surface area contributed by atoms with E-state index in [4.69, 9.17) is 22.4 Å². The number of aromatic nitrogens is 1. The smallest absolute Gasteiger partial charge is 0.325 e. The number of aliphatic carboxylic acids is 1. The Kier molecular flexibility index (Phi) is 3.32. The number of nitrogens with two attached hydrogens (primary N) is 1. The van der Waals surface area contributed by atoms with E-state index in [0.717, 1.165) is 10.9 Å². The Balaban J connectivity index is 2.73. The Morgan fingerprint density at radius 1 is 1.44 bits per heavy atom. The summed E-state index contributed by atoms with van der Waals surface area (Å²) in [5.74, 6) is -1.04. The fourth-order valence-corrected chi connectivity index (χ4v) is 2.23. The molecule has 96 valence electrons. The molecule has 0 fully saturated rings. The molecule has 0 aliphatic heterocycles. The van der Waals surface area contributed by atoms with Crippen LogP contribution in [-0.2, 0) is 4.79 Å². The van der Waals surface area contributed by atoms with Gasteiger partial charge in [-0.1, -0.05) is 11.6 Å². The molecule has 18 heavy (non-hydrogen) atoms. The van der Waals surface area contributed by atoms with Crippen LogP contribution < -0.4 is 5.73 Å². The van der Waals surface area contributed by atoms with Gasteiger partial charge in [0.15, 0.2) is 0 Å². The van der Waals surface area contributed by atoms with E-state index in [9.17, 15) is 4.79 Å². The van der Waals surface area contributed by atoms with Crippen LogP contribution in [-0.4, -0.2) is 15.6 Å². The maximum absolute atomic E-state index is 11.0. The van der Waals surface area contributed by atoms with Crippen LogP contribution in [0.15, 0.2) is 24.4 Å². The summed E-state index contributed by atoms with van der Waals surface area (Å²) >= 11 is 5.97. The molecule has 0 bridgehead atoms. The number of carboxylic acids is 1. The maximum Gasteiger partial charge on any atom is 0.325 e. The van der Waals surface area contributed by atoms with Gasteiger partial charge in [-0.25, -0.2) is 0 Å². The molecule has 0 aliphatic rings. The number of halogens is 1. The number of rotatable bonds is 3. The van der Waals surface area contributed by atoms with Crippen LogP contribution in [0.4, 0.5) is 0 Å². The third-order valence-corrected chi connectivity index (χ3v) is 3.22. The highest BCUT2D eigenvalue weighted by Gasteiger charge is 2.21. The summed E-state index contributed by atoms with van der Waals surface area (Å²) in [6, 6.07) is 4.62. The van der Waals surface area contributed by atoms with E-state index in [1.54, 1.807) is 18.3 Å². The van der Waals surface area contributed by atoms with Gasteiger partial charge in [-0.05, 0) is 32.0 Å². The van der Waals surface area contributed by atoms with E-state index in [1.807, 2.05) is 24.5 Å². The second-order valence-corrected chi connectivity index (χ2v) is 5.00. The van der Waals surface area contributed by atoms with Gasteiger partial charge in [-0.2, -0.15) is 0 Å². The van der Waals surface area contributed by atoms with Gasteiger partial charge in [-0.3, -0.25) is 4.79 Å². The highest BCUT2D eigenvalue weighted by molar-refractivity contribution is 6.31. The zero-order chi connectivity index (χ0) is 13.4. The molecule has 1 atom stereocenters. The molecule has 2 aromatic rings. The van der Waals surface area contributed by atoms with Crippen LogP contribution in [0.5, 0.6) is 0 Å². The number of benzene rings is 1. The van der Waals surface area contributed by atoms with Crippen molar-refractivity contribution in [3.63, 3.8) is 0 Å². The minimum absolute atomic E-state index is 0.225. The van der Waals surface area contributed by atoms with Gasteiger partial charge in [0, 0.05) is 33.7 Å². The first-order valence-electron chi connectivity index (χ1n) is 5.70. The summed E-state index contributed by atoms with van der Waals surface area (Å²) < 4.78 is 2.00. The van der Waals surface area contributed by atoms with Gasteiger partial charge in [0.25, 0.3) is 0 Å². The van der Waals surface area contributed by atoms with Crippen LogP contribution in [0.25, 0.3) is 10.9 Å². The molecule has 3 N–H and O–H groups in total. The van der Waals surface area contributed by atoms with Gasteiger partial charge in [0.05, 0.1) is 0 Å². The van der Waals surface area contributed by atoms with Crippen molar-refractivity contribution >= 4 is 28.5 Å². The van der Waals surface area contributed by atoms with Gasteiger partial charge < -0.3 is 15.4 Å². The summed E-state index contributed by atoms with van der Waals surface area (Å²) in [5, 5.41) is 10.4. The number of carboxylic acid groups (broad SMARTS) is 1. The molecule has 0 spiro atoms. The highest BCUT2D eigenvalue weighted by Crippen LogP contribution is 2.30. The van der Waals surface area contributed by atoms with Crippen molar-refractivity contribution in [2.45, 2.75) is 25.9 Å². The van der Waals surface area contributed by atoms with Crippen molar-refractivity contribution in [1.82, 2.24) is 4.57 Å². The largest absolute Gasteiger partial charge is 0.480 e. The summed E-state index contributed by atoms with van der Waals surface area (Å²) in [6.07, 6.45) is 1.80. The molecule has 0 amide bonds. The van der Waals surface area contributed by atoms with E-state index >= 15 is 0 Å². The number of fused-ring (bicyclic) bond motifs is 1. The first-order valence-corrected chi connectivity index (χ1v) is 6.08. The fraction of sp³-hybridized carbons (Fsp3) is 0.308. The molecule has 0 aliphatic carbocycles. The zero-order valence-corrected chi connectivity index (χ0v) is 11.0. The number of hydrogen-bond acceptors (Lipinski definition) is 2. The van der Waals surface area contributed by atoms with E-state index in [0.29, 0.717) is 10.6 Å². The topological polar surface area (TPSA) is 68.2 Å². The minimum atomic E-state index is -1.04. The second kappa shape index (κ2) is 4.63. The minimum Gasteiger partial charge on any atom is -0.480 e. The van der Waals surface area contributed by atoms with Gasteiger partial charge in [0.2, 0.25) is 0 Å². The van der Waals surface area contributed by atoms with Crippen LogP contribution in [0.3, 0.4) is 0 Å². The van der Waals surface area contributed by atoms with Crippen molar-refractivity contribution in [3.8, 4) is 0 Å². The maximum atomic E-state index is 11.0. The number of carbonyl (C=O) groups is 1. The molecule has 1 unspecified atom stereocenters. The fourth-order valence-electron chi connectivity index (χ4n) is 2.06. The molecule has 1 aromatic carbocycles. The van der Waals surface area contributed by atoms with E-state index in [2.05, 4.69) is 0 Å². The lowest BCUT2D eigenvalue weighted by Gasteiger charge is -2.08. The molecular formula is C13H15ClN2O2.